The van der Waals surface area contributed by atoms with Gasteiger partial charge in [0.25, 0.3) is 0 Å². The van der Waals surface area contributed by atoms with Gasteiger partial charge in [0.15, 0.2) is 11.7 Å². The number of ketones is 1. The molecule has 0 saturated carbocycles. The third-order valence-electron chi connectivity index (χ3n) is 4.60. The minimum absolute atomic E-state index is 0.198. The highest BCUT2D eigenvalue weighted by Crippen LogP contribution is 2.34. The third kappa shape index (κ3) is 4.68. The van der Waals surface area contributed by atoms with Crippen molar-refractivity contribution in [1.82, 2.24) is 9.55 Å². The summed E-state index contributed by atoms with van der Waals surface area (Å²) in [4.78, 5) is 32.7. The Kier molecular flexibility index (Phi) is 6.71. The number of carbonyl (C=O) groups is 2. The van der Waals surface area contributed by atoms with E-state index in [4.69, 9.17) is 9.47 Å². The van der Waals surface area contributed by atoms with E-state index in [-0.39, 0.29) is 12.4 Å². The smallest absolute Gasteiger partial charge is 0.348 e. The summed E-state index contributed by atoms with van der Waals surface area (Å²) in [5, 5.41) is 0.891. The molecule has 3 heterocycles. The number of esters is 1. The molecule has 0 fully saturated rings. The van der Waals surface area contributed by atoms with Crippen molar-refractivity contribution in [3.8, 4) is 0 Å². The van der Waals surface area contributed by atoms with Crippen molar-refractivity contribution in [2.45, 2.75) is 26.8 Å². The summed E-state index contributed by atoms with van der Waals surface area (Å²) in [5.41, 5.74) is 2.49. The zero-order chi connectivity index (χ0) is 21.1. The van der Waals surface area contributed by atoms with Crippen molar-refractivity contribution in [3.63, 3.8) is 0 Å². The first kappa shape index (κ1) is 21.5. The SMILES string of the molecule is COCCCn1c(C)cc(C(=O)COC(=O)c2cc3sc(N(C)C)nc3s2)c1C. The molecule has 0 atom stereocenters. The van der Waals surface area contributed by atoms with E-state index in [0.29, 0.717) is 17.0 Å². The minimum Gasteiger partial charge on any atom is -0.453 e. The number of nitrogens with zero attached hydrogens (tertiary/aromatic N) is 3. The van der Waals surface area contributed by atoms with Crippen molar-refractivity contribution in [3.05, 3.63) is 34.0 Å². The van der Waals surface area contributed by atoms with Crippen molar-refractivity contribution >= 4 is 49.1 Å². The average Bonchev–Trinajstić information content (AvgIpc) is 3.33. The van der Waals surface area contributed by atoms with E-state index < -0.39 is 5.97 Å². The summed E-state index contributed by atoms with van der Waals surface area (Å²) in [6.07, 6.45) is 0.870. The summed E-state index contributed by atoms with van der Waals surface area (Å²) in [5.74, 6) is -0.690. The molecule has 3 aromatic rings. The summed E-state index contributed by atoms with van der Waals surface area (Å²) in [7, 11) is 5.53. The van der Waals surface area contributed by atoms with Gasteiger partial charge in [-0.1, -0.05) is 11.3 Å². The normalized spacial score (nSPS) is 11.2. The number of rotatable bonds is 9. The van der Waals surface area contributed by atoms with Gasteiger partial charge in [-0.05, 0) is 32.4 Å². The van der Waals surface area contributed by atoms with Gasteiger partial charge in [-0.3, -0.25) is 4.79 Å². The summed E-state index contributed by atoms with van der Waals surface area (Å²) in [6, 6.07) is 3.63. The molecule has 3 aromatic heterocycles. The van der Waals surface area contributed by atoms with Crippen LogP contribution in [0.4, 0.5) is 5.13 Å². The van der Waals surface area contributed by atoms with E-state index in [1.54, 1.807) is 13.2 Å². The van der Waals surface area contributed by atoms with Crippen LogP contribution < -0.4 is 4.90 Å². The van der Waals surface area contributed by atoms with Crippen LogP contribution in [0.15, 0.2) is 12.1 Å². The molecule has 9 heteroatoms. The molecule has 0 radical (unpaired) electrons. The molecule has 0 saturated heterocycles. The Morgan fingerprint density at radius 2 is 1.97 bits per heavy atom. The Morgan fingerprint density at radius 1 is 1.21 bits per heavy atom. The van der Waals surface area contributed by atoms with Gasteiger partial charge in [0, 0.05) is 51.3 Å². The average molecular weight is 436 g/mol. The number of ether oxygens (including phenoxy) is 2. The van der Waals surface area contributed by atoms with E-state index in [1.807, 2.05) is 38.9 Å². The number of hydrogen-bond donors (Lipinski definition) is 0. The fourth-order valence-corrected chi connectivity index (χ4v) is 5.12. The zero-order valence-electron chi connectivity index (χ0n) is 17.3. The van der Waals surface area contributed by atoms with E-state index in [0.717, 1.165) is 39.0 Å². The quantitative estimate of drug-likeness (QED) is 0.288. The Hall–Kier alpha value is -2.23. The first-order valence-electron chi connectivity index (χ1n) is 9.25. The first-order valence-corrected chi connectivity index (χ1v) is 10.9. The first-order chi connectivity index (χ1) is 13.8. The van der Waals surface area contributed by atoms with E-state index in [9.17, 15) is 9.59 Å². The van der Waals surface area contributed by atoms with Crippen molar-refractivity contribution in [1.29, 1.82) is 0 Å². The maximum atomic E-state index is 12.6. The largest absolute Gasteiger partial charge is 0.453 e. The molecule has 0 spiro atoms. The standard InChI is InChI=1S/C20H25N3O4S2/c1-12-9-14(13(2)23(12)7-6-8-26-5)15(24)11-27-19(25)17-10-16-18(28-17)21-20(29-16)22(3)4/h9-10H,6-8,11H2,1-5H3. The van der Waals surface area contributed by atoms with Crippen LogP contribution in [0.5, 0.6) is 0 Å². The van der Waals surface area contributed by atoms with Crippen molar-refractivity contribution < 1.29 is 19.1 Å². The zero-order valence-corrected chi connectivity index (χ0v) is 18.9. The molecule has 3 rings (SSSR count). The number of aryl methyl sites for hydroxylation is 1. The highest BCUT2D eigenvalue weighted by Gasteiger charge is 2.20. The molecule has 0 amide bonds. The number of anilines is 1. The number of carbonyl (C=O) groups excluding carboxylic acids is 2. The topological polar surface area (TPSA) is 73.7 Å². The molecule has 0 aromatic carbocycles. The lowest BCUT2D eigenvalue weighted by Gasteiger charge is -2.09. The van der Waals surface area contributed by atoms with Gasteiger partial charge >= 0.3 is 5.97 Å². The summed E-state index contributed by atoms with van der Waals surface area (Å²) < 4.78 is 13.4. The monoisotopic (exact) mass is 435 g/mol. The van der Waals surface area contributed by atoms with Crippen LogP contribution in [0.25, 0.3) is 9.53 Å². The maximum Gasteiger partial charge on any atom is 0.348 e. The van der Waals surface area contributed by atoms with Crippen LogP contribution in [0.1, 0.15) is 37.8 Å². The van der Waals surface area contributed by atoms with Crippen molar-refractivity contribution in [2.24, 2.45) is 0 Å². The van der Waals surface area contributed by atoms with Crippen LogP contribution in [0.3, 0.4) is 0 Å². The minimum atomic E-state index is -0.492. The van der Waals surface area contributed by atoms with Crippen LogP contribution in [-0.4, -0.2) is 55.7 Å². The molecule has 0 unspecified atom stereocenters. The molecule has 0 bridgehead atoms. The van der Waals surface area contributed by atoms with Gasteiger partial charge in [0.2, 0.25) is 5.78 Å². The molecule has 0 aliphatic heterocycles. The van der Waals surface area contributed by atoms with Crippen molar-refractivity contribution in [2.75, 3.05) is 39.3 Å². The Labute approximate surface area is 177 Å². The molecule has 29 heavy (non-hydrogen) atoms. The van der Waals surface area contributed by atoms with Gasteiger partial charge in [0.1, 0.15) is 9.71 Å². The fourth-order valence-electron chi connectivity index (χ4n) is 3.09. The highest BCUT2D eigenvalue weighted by molar-refractivity contribution is 7.29. The van der Waals surface area contributed by atoms with Crippen LogP contribution in [0.2, 0.25) is 0 Å². The second kappa shape index (κ2) is 9.06. The lowest BCUT2D eigenvalue weighted by molar-refractivity contribution is 0.0479. The highest BCUT2D eigenvalue weighted by atomic mass is 32.1. The van der Waals surface area contributed by atoms with Gasteiger partial charge in [-0.25, -0.2) is 9.78 Å². The van der Waals surface area contributed by atoms with Crippen LogP contribution in [-0.2, 0) is 16.0 Å². The van der Waals surface area contributed by atoms with E-state index >= 15 is 0 Å². The maximum absolute atomic E-state index is 12.6. The lowest BCUT2D eigenvalue weighted by atomic mass is 10.1. The summed E-state index contributed by atoms with van der Waals surface area (Å²) in [6.45, 7) is 5.06. The van der Waals surface area contributed by atoms with Gasteiger partial charge in [0.05, 0.1) is 4.70 Å². The number of thiophene rings is 1. The van der Waals surface area contributed by atoms with Gasteiger partial charge in [-0.2, -0.15) is 0 Å². The predicted molar refractivity (Wildman–Crippen MR) is 117 cm³/mol. The number of aromatic nitrogens is 2. The molecule has 7 nitrogen and oxygen atoms in total. The second-order valence-electron chi connectivity index (χ2n) is 6.95. The van der Waals surface area contributed by atoms with E-state index in [2.05, 4.69) is 9.55 Å². The summed E-state index contributed by atoms with van der Waals surface area (Å²) >= 11 is 2.80. The molecule has 0 N–H and O–H groups in total. The predicted octanol–water partition coefficient (Wildman–Crippen LogP) is 3.92. The molecular formula is C20H25N3O4S2. The van der Waals surface area contributed by atoms with Gasteiger partial charge < -0.3 is 18.9 Å². The van der Waals surface area contributed by atoms with Crippen LogP contribution in [0, 0.1) is 13.8 Å². The molecular weight excluding hydrogens is 410 g/mol. The number of thiazole rings is 1. The van der Waals surface area contributed by atoms with E-state index in [1.165, 1.54) is 22.7 Å². The van der Waals surface area contributed by atoms with Gasteiger partial charge in [-0.15, -0.1) is 11.3 Å². The van der Waals surface area contributed by atoms with Crippen LogP contribution >= 0.6 is 22.7 Å². The Bertz CT molecular complexity index is 1000. The lowest BCUT2D eigenvalue weighted by Crippen LogP contribution is -2.14. The number of fused-ring (bicyclic) bond motifs is 1. The number of hydrogen-bond acceptors (Lipinski definition) is 8. The molecule has 0 aliphatic rings. The fraction of sp³-hybridized carbons (Fsp3) is 0.450. The number of Topliss-reactive ketones (excluding diaryl/α,β-unsaturated/α-hetero) is 1. The molecule has 156 valence electrons. The third-order valence-corrected chi connectivity index (χ3v) is 6.91. The Morgan fingerprint density at radius 3 is 2.62 bits per heavy atom. The Balaban J connectivity index is 1.63. The molecule has 0 aliphatic carbocycles. The number of methoxy groups -OCH3 is 1. The second-order valence-corrected chi connectivity index (χ2v) is 8.99.